The number of ether oxygens (including phenoxy) is 3. The van der Waals surface area contributed by atoms with Crippen molar-refractivity contribution in [2.75, 3.05) is 26.8 Å². The van der Waals surface area contributed by atoms with Gasteiger partial charge in [0, 0.05) is 31.3 Å². The number of methoxy groups -OCH3 is 1. The highest BCUT2D eigenvalue weighted by molar-refractivity contribution is 7.89. The Morgan fingerprint density at radius 1 is 1.05 bits per heavy atom. The standard InChI is InChI=1S/C31H43NO7S/c1-22(2)20-32(40(35,36)26-14-12-25(37-3)13-15-26)21-28(33)24(18-23-8-5-4-6-9-23)19-31(34)39-30-16-17-38-29-11-7-10-27(29)30/h4-6,8-9,12-15,22,24,27-30,33H,7,10-11,16-21H2,1-3H3/t24-,27-,28-,29+,30+/m1/s1. The number of hydrogen-bond donors (Lipinski definition) is 1. The van der Waals surface area contributed by atoms with E-state index < -0.39 is 22.0 Å². The lowest BCUT2D eigenvalue weighted by molar-refractivity contribution is -0.164. The van der Waals surface area contributed by atoms with Crippen LogP contribution in [0.5, 0.6) is 5.75 Å². The summed E-state index contributed by atoms with van der Waals surface area (Å²) in [4.78, 5) is 13.4. The molecule has 2 aromatic carbocycles. The summed E-state index contributed by atoms with van der Waals surface area (Å²) in [5.74, 6) is -0.0536. The number of carbonyl (C=O) groups is 1. The first kappa shape index (κ1) is 30.5. The van der Waals surface area contributed by atoms with Crippen LogP contribution in [0.2, 0.25) is 0 Å². The molecule has 1 saturated heterocycles. The lowest BCUT2D eigenvalue weighted by Gasteiger charge is -2.34. The Balaban J connectivity index is 1.51. The van der Waals surface area contributed by atoms with E-state index in [1.807, 2.05) is 44.2 Å². The van der Waals surface area contributed by atoms with Gasteiger partial charge in [-0.15, -0.1) is 0 Å². The zero-order chi connectivity index (χ0) is 28.7. The SMILES string of the molecule is COc1ccc(S(=O)(=O)N(CC(C)C)C[C@@H](O)[C@@H](CC(=O)O[C@H]2CCO[C@H]3CCC[C@H]32)Cc2ccccc2)cc1. The Labute approximate surface area is 238 Å². The first-order chi connectivity index (χ1) is 19.2. The Kier molecular flexibility index (Phi) is 10.6. The molecule has 4 rings (SSSR count). The third-order valence-corrected chi connectivity index (χ3v) is 9.81. The van der Waals surface area contributed by atoms with Gasteiger partial charge in [0.25, 0.3) is 0 Å². The normalized spacial score (nSPS) is 22.6. The molecule has 1 aliphatic carbocycles. The van der Waals surface area contributed by atoms with Crippen molar-refractivity contribution in [2.45, 2.75) is 75.6 Å². The predicted octanol–water partition coefficient (Wildman–Crippen LogP) is 4.45. The van der Waals surface area contributed by atoms with Crippen molar-refractivity contribution in [3.63, 3.8) is 0 Å². The minimum Gasteiger partial charge on any atom is -0.497 e. The molecule has 1 N–H and O–H groups in total. The van der Waals surface area contributed by atoms with E-state index in [1.54, 1.807) is 12.1 Å². The van der Waals surface area contributed by atoms with Crippen LogP contribution in [0.15, 0.2) is 59.5 Å². The van der Waals surface area contributed by atoms with Gasteiger partial charge in [0.1, 0.15) is 11.9 Å². The second kappa shape index (κ2) is 13.9. The Bertz CT molecular complexity index is 1190. The molecule has 1 saturated carbocycles. The van der Waals surface area contributed by atoms with E-state index in [0.29, 0.717) is 25.2 Å². The van der Waals surface area contributed by atoms with Gasteiger partial charge in [-0.2, -0.15) is 4.31 Å². The fraction of sp³-hybridized carbons (Fsp3) is 0.581. The van der Waals surface area contributed by atoms with Gasteiger partial charge in [-0.05, 0) is 55.0 Å². The lowest BCUT2D eigenvalue weighted by atomic mass is 9.90. The first-order valence-electron chi connectivity index (χ1n) is 14.3. The minimum absolute atomic E-state index is 0.00288. The summed E-state index contributed by atoms with van der Waals surface area (Å²) in [5, 5.41) is 11.5. The van der Waals surface area contributed by atoms with Crippen molar-refractivity contribution in [3.8, 4) is 5.75 Å². The quantitative estimate of drug-likeness (QED) is 0.353. The van der Waals surface area contributed by atoms with E-state index in [0.717, 1.165) is 24.8 Å². The van der Waals surface area contributed by atoms with Crippen LogP contribution in [-0.4, -0.2) is 68.9 Å². The molecule has 0 spiro atoms. The Morgan fingerprint density at radius 3 is 2.45 bits per heavy atom. The van der Waals surface area contributed by atoms with Crippen molar-refractivity contribution in [1.29, 1.82) is 0 Å². The number of benzene rings is 2. The molecule has 0 radical (unpaired) electrons. The summed E-state index contributed by atoms with van der Waals surface area (Å²) in [6.45, 7) is 4.57. The van der Waals surface area contributed by atoms with Crippen LogP contribution in [0.4, 0.5) is 0 Å². The van der Waals surface area contributed by atoms with Crippen LogP contribution < -0.4 is 4.74 Å². The van der Waals surface area contributed by atoms with Crippen molar-refractivity contribution in [3.05, 3.63) is 60.2 Å². The van der Waals surface area contributed by atoms with Crippen molar-refractivity contribution in [1.82, 2.24) is 4.31 Å². The highest BCUT2D eigenvalue weighted by Gasteiger charge is 2.40. The number of rotatable bonds is 13. The molecule has 220 valence electrons. The Morgan fingerprint density at radius 2 is 1.77 bits per heavy atom. The van der Waals surface area contributed by atoms with Crippen LogP contribution in [-0.2, 0) is 30.7 Å². The first-order valence-corrected chi connectivity index (χ1v) is 15.8. The molecule has 2 fully saturated rings. The van der Waals surface area contributed by atoms with Crippen LogP contribution in [0.3, 0.4) is 0 Å². The highest BCUT2D eigenvalue weighted by atomic mass is 32.2. The number of aliphatic hydroxyl groups is 1. The maximum atomic E-state index is 13.6. The number of esters is 1. The molecular weight excluding hydrogens is 530 g/mol. The summed E-state index contributed by atoms with van der Waals surface area (Å²) in [5.41, 5.74) is 0.967. The van der Waals surface area contributed by atoms with Crippen molar-refractivity contribution < 1.29 is 32.5 Å². The minimum atomic E-state index is -3.90. The zero-order valence-electron chi connectivity index (χ0n) is 23.8. The Hall–Kier alpha value is -2.46. The molecule has 2 aliphatic rings. The molecular formula is C31H43NO7S. The summed E-state index contributed by atoms with van der Waals surface area (Å²) in [7, 11) is -2.37. The van der Waals surface area contributed by atoms with Crippen LogP contribution in [0, 0.1) is 17.8 Å². The van der Waals surface area contributed by atoms with Gasteiger partial charge in [-0.1, -0.05) is 50.6 Å². The molecule has 1 heterocycles. The number of carbonyl (C=O) groups excluding carboxylic acids is 1. The van der Waals surface area contributed by atoms with Crippen LogP contribution in [0.25, 0.3) is 0 Å². The smallest absolute Gasteiger partial charge is 0.306 e. The molecule has 1 aliphatic heterocycles. The molecule has 0 unspecified atom stereocenters. The molecule has 5 atom stereocenters. The largest absolute Gasteiger partial charge is 0.497 e. The van der Waals surface area contributed by atoms with Gasteiger partial charge in [-0.3, -0.25) is 4.79 Å². The van der Waals surface area contributed by atoms with Crippen LogP contribution >= 0.6 is 0 Å². The molecule has 0 bridgehead atoms. The van der Waals surface area contributed by atoms with E-state index in [-0.39, 0.29) is 54.4 Å². The highest BCUT2D eigenvalue weighted by Crippen LogP contribution is 2.37. The second-order valence-electron chi connectivity index (χ2n) is 11.4. The van der Waals surface area contributed by atoms with E-state index >= 15 is 0 Å². The van der Waals surface area contributed by atoms with Gasteiger partial charge < -0.3 is 19.3 Å². The molecule has 9 heteroatoms. The maximum Gasteiger partial charge on any atom is 0.306 e. The van der Waals surface area contributed by atoms with Gasteiger partial charge in [0.05, 0.1) is 37.2 Å². The molecule has 0 amide bonds. The average molecular weight is 574 g/mol. The van der Waals surface area contributed by atoms with Crippen molar-refractivity contribution >= 4 is 16.0 Å². The van der Waals surface area contributed by atoms with Gasteiger partial charge in [-0.25, -0.2) is 8.42 Å². The molecule has 2 aromatic rings. The van der Waals surface area contributed by atoms with E-state index in [1.165, 1.54) is 23.5 Å². The monoisotopic (exact) mass is 573 g/mol. The number of fused-ring (bicyclic) bond motifs is 1. The number of aliphatic hydroxyl groups excluding tert-OH is 1. The maximum absolute atomic E-state index is 13.6. The summed E-state index contributed by atoms with van der Waals surface area (Å²) in [6, 6.07) is 15.9. The number of nitrogens with zero attached hydrogens (tertiary/aromatic N) is 1. The summed E-state index contributed by atoms with van der Waals surface area (Å²) >= 11 is 0. The van der Waals surface area contributed by atoms with Gasteiger partial charge in [0.2, 0.25) is 10.0 Å². The molecule has 8 nitrogen and oxygen atoms in total. The molecule has 40 heavy (non-hydrogen) atoms. The summed E-state index contributed by atoms with van der Waals surface area (Å²) < 4.78 is 45.6. The third kappa shape index (κ3) is 7.84. The number of hydrogen-bond acceptors (Lipinski definition) is 7. The van der Waals surface area contributed by atoms with E-state index in [4.69, 9.17) is 14.2 Å². The second-order valence-corrected chi connectivity index (χ2v) is 13.4. The zero-order valence-corrected chi connectivity index (χ0v) is 24.6. The third-order valence-electron chi connectivity index (χ3n) is 7.97. The van der Waals surface area contributed by atoms with E-state index in [2.05, 4.69) is 0 Å². The summed E-state index contributed by atoms with van der Waals surface area (Å²) in [6.07, 6.45) is 3.09. The van der Waals surface area contributed by atoms with E-state index in [9.17, 15) is 18.3 Å². The van der Waals surface area contributed by atoms with Gasteiger partial charge in [0.15, 0.2) is 0 Å². The predicted molar refractivity (Wildman–Crippen MR) is 152 cm³/mol. The van der Waals surface area contributed by atoms with Gasteiger partial charge >= 0.3 is 5.97 Å². The fourth-order valence-electron chi connectivity index (χ4n) is 5.91. The fourth-order valence-corrected chi connectivity index (χ4v) is 7.53. The van der Waals surface area contributed by atoms with Crippen LogP contribution in [0.1, 0.15) is 51.5 Å². The topological polar surface area (TPSA) is 102 Å². The molecule has 0 aromatic heterocycles. The average Bonchev–Trinajstić information content (AvgIpc) is 3.43. The number of sulfonamides is 1. The lowest BCUT2D eigenvalue weighted by Crippen LogP contribution is -2.43. The van der Waals surface area contributed by atoms with Crippen molar-refractivity contribution in [2.24, 2.45) is 17.8 Å².